The predicted octanol–water partition coefficient (Wildman–Crippen LogP) is 6.12. The van der Waals surface area contributed by atoms with E-state index >= 15 is 4.39 Å². The summed E-state index contributed by atoms with van der Waals surface area (Å²) >= 11 is 0. The molecule has 0 radical (unpaired) electrons. The topological polar surface area (TPSA) is 67.2 Å². The van der Waals surface area contributed by atoms with E-state index in [-0.39, 0.29) is 37.0 Å². The highest BCUT2D eigenvalue weighted by atomic mass is 19.1. The van der Waals surface area contributed by atoms with Crippen molar-refractivity contribution in [2.45, 2.75) is 72.2 Å². The van der Waals surface area contributed by atoms with Gasteiger partial charge in [0.05, 0.1) is 23.8 Å². The van der Waals surface area contributed by atoms with Crippen molar-refractivity contribution in [3.05, 3.63) is 59.4 Å². The molecule has 38 heavy (non-hydrogen) atoms. The zero-order valence-corrected chi connectivity index (χ0v) is 23.1. The summed E-state index contributed by atoms with van der Waals surface area (Å²) < 4.78 is 38.2. The SMILES string of the molecule is CCN(C(=O)c1cc(F)ccc1-c1cc(C2(F)CCN(C(=O)OC(C)(C)C)C2)cn2c(C)ncc12)C(C)C. The van der Waals surface area contributed by atoms with E-state index in [1.54, 1.807) is 61.5 Å². The van der Waals surface area contributed by atoms with Crippen molar-refractivity contribution in [2.75, 3.05) is 19.6 Å². The summed E-state index contributed by atoms with van der Waals surface area (Å²) in [4.78, 5) is 33.6. The molecule has 1 aliphatic rings. The normalized spacial score (nSPS) is 17.9. The molecule has 1 fully saturated rings. The van der Waals surface area contributed by atoms with Gasteiger partial charge >= 0.3 is 6.09 Å². The maximum Gasteiger partial charge on any atom is 0.410 e. The van der Waals surface area contributed by atoms with Crippen LogP contribution in [0.1, 0.15) is 69.7 Å². The van der Waals surface area contributed by atoms with Crippen LogP contribution in [0.2, 0.25) is 0 Å². The maximum atomic E-state index is 16.5. The number of nitrogens with zero attached hydrogens (tertiary/aromatic N) is 4. The minimum atomic E-state index is -1.84. The van der Waals surface area contributed by atoms with Crippen LogP contribution < -0.4 is 0 Å². The molecule has 1 aliphatic heterocycles. The Morgan fingerprint density at radius 2 is 1.92 bits per heavy atom. The quantitative estimate of drug-likeness (QED) is 0.401. The second kappa shape index (κ2) is 10.0. The molecule has 0 N–H and O–H groups in total. The van der Waals surface area contributed by atoms with Gasteiger partial charge in [-0.05, 0) is 72.2 Å². The third kappa shape index (κ3) is 5.24. The van der Waals surface area contributed by atoms with Crippen LogP contribution in [-0.4, -0.2) is 62.5 Å². The lowest BCUT2D eigenvalue weighted by molar-refractivity contribution is 0.0256. The summed E-state index contributed by atoms with van der Waals surface area (Å²) in [6, 6.07) is 5.71. The molecule has 2 aromatic heterocycles. The van der Waals surface area contributed by atoms with E-state index in [1.807, 2.05) is 20.8 Å². The van der Waals surface area contributed by atoms with Crippen LogP contribution in [0.15, 0.2) is 36.7 Å². The van der Waals surface area contributed by atoms with Gasteiger partial charge in [-0.1, -0.05) is 6.07 Å². The van der Waals surface area contributed by atoms with E-state index in [9.17, 15) is 14.0 Å². The van der Waals surface area contributed by atoms with Gasteiger partial charge < -0.3 is 18.9 Å². The van der Waals surface area contributed by atoms with E-state index < -0.39 is 23.2 Å². The Morgan fingerprint density at radius 3 is 2.55 bits per heavy atom. The van der Waals surface area contributed by atoms with Crippen molar-refractivity contribution in [1.29, 1.82) is 0 Å². The highest BCUT2D eigenvalue weighted by Crippen LogP contribution is 2.40. The third-order valence-electron chi connectivity index (χ3n) is 6.94. The maximum absolute atomic E-state index is 16.5. The molecule has 7 nitrogen and oxygen atoms in total. The van der Waals surface area contributed by atoms with Crippen LogP contribution in [0.4, 0.5) is 13.6 Å². The van der Waals surface area contributed by atoms with Gasteiger partial charge in [0.2, 0.25) is 0 Å². The van der Waals surface area contributed by atoms with Gasteiger partial charge in [0.25, 0.3) is 5.91 Å². The Kier molecular flexibility index (Phi) is 7.25. The van der Waals surface area contributed by atoms with Crippen LogP contribution in [0.3, 0.4) is 0 Å². The predicted molar refractivity (Wildman–Crippen MR) is 142 cm³/mol. The molecule has 9 heteroatoms. The Hall–Kier alpha value is -3.49. The number of pyridine rings is 1. The number of rotatable bonds is 5. The summed E-state index contributed by atoms with van der Waals surface area (Å²) in [6.07, 6.45) is 2.89. The number of likely N-dealkylation sites (tertiary alicyclic amines) is 1. The first kappa shape index (κ1) is 27.5. The third-order valence-corrected chi connectivity index (χ3v) is 6.94. The van der Waals surface area contributed by atoms with Gasteiger partial charge in [-0.3, -0.25) is 4.79 Å². The molecule has 0 aliphatic carbocycles. The second-order valence-electron chi connectivity index (χ2n) is 11.2. The number of benzene rings is 1. The number of carbonyl (C=O) groups excluding carboxylic acids is 2. The van der Waals surface area contributed by atoms with Crippen LogP contribution >= 0.6 is 0 Å². The van der Waals surface area contributed by atoms with E-state index in [0.29, 0.717) is 34.6 Å². The summed E-state index contributed by atoms with van der Waals surface area (Å²) in [6.45, 7) is 13.3. The molecule has 0 spiro atoms. The molecule has 0 saturated carbocycles. The van der Waals surface area contributed by atoms with E-state index in [4.69, 9.17) is 4.74 Å². The number of imidazole rings is 1. The number of hydrogen-bond donors (Lipinski definition) is 0. The van der Waals surface area contributed by atoms with Crippen molar-refractivity contribution in [3.63, 3.8) is 0 Å². The lowest BCUT2D eigenvalue weighted by Crippen LogP contribution is -2.37. The number of aryl methyl sites for hydroxylation is 1. The van der Waals surface area contributed by atoms with Gasteiger partial charge in [-0.15, -0.1) is 0 Å². The van der Waals surface area contributed by atoms with Crippen molar-refractivity contribution < 1.29 is 23.1 Å². The minimum Gasteiger partial charge on any atom is -0.444 e. The van der Waals surface area contributed by atoms with Crippen LogP contribution in [0, 0.1) is 12.7 Å². The van der Waals surface area contributed by atoms with Crippen LogP contribution in [0.25, 0.3) is 16.6 Å². The first-order valence-electron chi connectivity index (χ1n) is 13.0. The Balaban J connectivity index is 1.83. The lowest BCUT2D eigenvalue weighted by Gasteiger charge is -2.27. The Morgan fingerprint density at radius 1 is 1.21 bits per heavy atom. The number of halogens is 2. The summed E-state index contributed by atoms with van der Waals surface area (Å²) in [5.74, 6) is -0.190. The fourth-order valence-electron chi connectivity index (χ4n) is 5.00. The number of fused-ring (bicyclic) bond motifs is 1. The zero-order chi connectivity index (χ0) is 28.0. The first-order valence-corrected chi connectivity index (χ1v) is 13.0. The van der Waals surface area contributed by atoms with Crippen molar-refractivity contribution in [2.24, 2.45) is 0 Å². The summed E-state index contributed by atoms with van der Waals surface area (Å²) in [5.41, 5.74) is -0.239. The molecular formula is C29H36F2N4O3. The van der Waals surface area contributed by atoms with Gasteiger partial charge in [0, 0.05) is 42.9 Å². The average Bonchev–Trinajstić information content (AvgIpc) is 3.41. The van der Waals surface area contributed by atoms with E-state index in [1.165, 1.54) is 17.0 Å². The number of amides is 2. The fraction of sp³-hybridized carbons (Fsp3) is 0.483. The fourth-order valence-corrected chi connectivity index (χ4v) is 5.00. The lowest BCUT2D eigenvalue weighted by atomic mass is 9.91. The smallest absolute Gasteiger partial charge is 0.410 e. The summed E-state index contributed by atoms with van der Waals surface area (Å²) in [5, 5.41) is 0. The molecule has 1 aromatic carbocycles. The molecule has 3 heterocycles. The average molecular weight is 527 g/mol. The highest BCUT2D eigenvalue weighted by molar-refractivity contribution is 6.03. The number of aromatic nitrogens is 2. The Bertz CT molecular complexity index is 1380. The highest BCUT2D eigenvalue weighted by Gasteiger charge is 2.44. The molecule has 2 amide bonds. The standard InChI is InChI=1S/C29H36F2N4O3/c1-8-34(18(2)3)26(36)24-14-21(30)9-10-22(24)23-13-20(16-35-19(4)32-15-25(23)35)29(31)11-12-33(17-29)27(37)38-28(5,6)7/h9-10,13-16,18H,8,11-12,17H2,1-7H3. The molecule has 1 unspecified atom stereocenters. The van der Waals surface area contributed by atoms with Gasteiger partial charge in [-0.25, -0.2) is 18.6 Å². The monoisotopic (exact) mass is 526 g/mol. The summed E-state index contributed by atoms with van der Waals surface area (Å²) in [7, 11) is 0. The largest absolute Gasteiger partial charge is 0.444 e. The van der Waals surface area contributed by atoms with Gasteiger partial charge in [0.1, 0.15) is 17.2 Å². The number of ether oxygens (including phenoxy) is 1. The second-order valence-corrected chi connectivity index (χ2v) is 11.2. The molecule has 1 saturated heterocycles. The molecular weight excluding hydrogens is 490 g/mol. The van der Waals surface area contributed by atoms with E-state index in [0.717, 1.165) is 0 Å². The van der Waals surface area contributed by atoms with Gasteiger partial charge in [-0.2, -0.15) is 0 Å². The van der Waals surface area contributed by atoms with E-state index in [2.05, 4.69) is 4.98 Å². The molecule has 3 aromatic rings. The number of hydrogen-bond acceptors (Lipinski definition) is 4. The van der Waals surface area contributed by atoms with Gasteiger partial charge in [0.15, 0.2) is 5.67 Å². The number of carbonyl (C=O) groups is 2. The molecule has 1 atom stereocenters. The van der Waals surface area contributed by atoms with Crippen molar-refractivity contribution >= 4 is 17.5 Å². The van der Waals surface area contributed by atoms with Crippen LogP contribution in [-0.2, 0) is 10.4 Å². The van der Waals surface area contributed by atoms with Crippen molar-refractivity contribution in [3.8, 4) is 11.1 Å². The molecule has 204 valence electrons. The van der Waals surface area contributed by atoms with Crippen molar-refractivity contribution in [1.82, 2.24) is 19.2 Å². The first-order chi connectivity index (χ1) is 17.7. The number of alkyl halides is 1. The molecule has 0 bridgehead atoms. The minimum absolute atomic E-state index is 0.0846. The van der Waals surface area contributed by atoms with Crippen LogP contribution in [0.5, 0.6) is 0 Å². The zero-order valence-electron chi connectivity index (χ0n) is 23.1. The Labute approximate surface area is 222 Å². The molecule has 4 rings (SSSR count).